The van der Waals surface area contributed by atoms with E-state index in [1.165, 1.54) is 0 Å². The van der Waals surface area contributed by atoms with Crippen LogP contribution in [0.4, 0.5) is 0 Å². The number of benzene rings is 1. The summed E-state index contributed by atoms with van der Waals surface area (Å²) in [4.78, 5) is 15.8. The summed E-state index contributed by atoms with van der Waals surface area (Å²) in [5.41, 5.74) is 1.59. The van der Waals surface area contributed by atoms with Crippen LogP contribution in [0.3, 0.4) is 0 Å². The fourth-order valence-electron chi connectivity index (χ4n) is 2.21. The van der Waals surface area contributed by atoms with Crippen molar-refractivity contribution in [2.24, 2.45) is 0 Å². The summed E-state index contributed by atoms with van der Waals surface area (Å²) in [5.74, 6) is -0.839. The molecule has 23 heavy (non-hydrogen) atoms. The molecule has 126 valence electrons. The van der Waals surface area contributed by atoms with Gasteiger partial charge >= 0.3 is 5.97 Å². The maximum atomic E-state index is 11.4. The van der Waals surface area contributed by atoms with Crippen molar-refractivity contribution in [2.45, 2.75) is 51.7 Å². The molecule has 0 unspecified atom stereocenters. The van der Waals surface area contributed by atoms with Crippen LogP contribution < -0.4 is 0 Å². The summed E-state index contributed by atoms with van der Waals surface area (Å²) in [7, 11) is -1.09. The quantitative estimate of drug-likeness (QED) is 0.619. The lowest BCUT2D eigenvalue weighted by Crippen LogP contribution is -2.28. The molecule has 5 nitrogen and oxygen atoms in total. The van der Waals surface area contributed by atoms with Crippen molar-refractivity contribution in [3.05, 3.63) is 30.1 Å². The predicted molar refractivity (Wildman–Crippen MR) is 94.5 cm³/mol. The number of imidazole rings is 1. The van der Waals surface area contributed by atoms with E-state index in [-0.39, 0.29) is 0 Å². The van der Waals surface area contributed by atoms with Gasteiger partial charge < -0.3 is 14.4 Å². The van der Waals surface area contributed by atoms with E-state index < -0.39 is 19.5 Å². The van der Waals surface area contributed by atoms with Crippen LogP contribution in [0.15, 0.2) is 24.5 Å². The number of hydrogen-bond acceptors (Lipinski definition) is 3. The first-order valence-electron chi connectivity index (χ1n) is 7.88. The third-order valence-corrected chi connectivity index (χ3v) is 5.81. The van der Waals surface area contributed by atoms with Gasteiger partial charge in [0.1, 0.15) is 6.73 Å². The van der Waals surface area contributed by atoms with Gasteiger partial charge in [0.2, 0.25) is 0 Å². The number of ether oxygens (including phenoxy) is 1. The molecule has 1 N–H and O–H groups in total. The summed E-state index contributed by atoms with van der Waals surface area (Å²) < 4.78 is 7.71. The molecule has 0 radical (unpaired) electrons. The highest BCUT2D eigenvalue weighted by atomic mass is 28.3. The van der Waals surface area contributed by atoms with E-state index in [1.54, 1.807) is 20.2 Å². The van der Waals surface area contributed by atoms with E-state index in [0.29, 0.717) is 6.73 Å². The van der Waals surface area contributed by atoms with Gasteiger partial charge in [-0.05, 0) is 37.6 Å². The van der Waals surface area contributed by atoms with Crippen molar-refractivity contribution in [2.75, 3.05) is 6.61 Å². The number of nitrogens with zero attached hydrogens (tertiary/aromatic N) is 2. The highest BCUT2D eigenvalue weighted by Crippen LogP contribution is 2.26. The number of fused-ring (bicyclic) bond motifs is 1. The fourth-order valence-corrected chi connectivity index (χ4v) is 2.97. The number of carboxylic acid groups (broad SMARTS) is 1. The van der Waals surface area contributed by atoms with Crippen molar-refractivity contribution < 1.29 is 14.6 Å². The van der Waals surface area contributed by atoms with E-state index in [2.05, 4.69) is 24.6 Å². The van der Waals surface area contributed by atoms with Crippen molar-refractivity contribution in [3.63, 3.8) is 0 Å². The van der Waals surface area contributed by atoms with Crippen molar-refractivity contribution in [1.29, 1.82) is 0 Å². The zero-order valence-corrected chi connectivity index (χ0v) is 15.6. The third kappa shape index (κ3) is 4.20. The van der Waals surface area contributed by atoms with Crippen molar-refractivity contribution in [1.82, 2.24) is 9.55 Å². The SMILES string of the molecule is CC(C)(C(=O)O)c1ccc2ncn(COCC[Si](C)(C)C)c2c1. The molecule has 0 saturated heterocycles. The second-order valence-corrected chi connectivity index (χ2v) is 13.3. The third-order valence-electron chi connectivity index (χ3n) is 4.10. The predicted octanol–water partition coefficient (Wildman–Crippen LogP) is 3.71. The molecule has 0 amide bonds. The standard InChI is InChI=1S/C17H26N2O3Si/c1-17(2,16(20)21)13-6-7-14-15(10-13)19(11-18-14)12-22-8-9-23(3,4)5/h6-7,10-11H,8-9,12H2,1-5H3,(H,20,21). The van der Waals surface area contributed by atoms with Gasteiger partial charge in [-0.25, -0.2) is 4.98 Å². The summed E-state index contributed by atoms with van der Waals surface area (Å²) in [6.45, 7) is 11.6. The number of hydrogen-bond donors (Lipinski definition) is 1. The van der Waals surface area contributed by atoms with Crippen molar-refractivity contribution >= 4 is 25.1 Å². The second-order valence-electron chi connectivity index (χ2n) is 7.70. The summed E-state index contributed by atoms with van der Waals surface area (Å²) in [6, 6.07) is 6.73. The molecule has 0 aliphatic heterocycles. The average molecular weight is 334 g/mol. The largest absolute Gasteiger partial charge is 0.481 e. The zero-order valence-electron chi connectivity index (χ0n) is 14.6. The minimum absolute atomic E-state index is 0.442. The van der Waals surface area contributed by atoms with Crippen LogP contribution in [0.5, 0.6) is 0 Å². The van der Waals surface area contributed by atoms with Gasteiger partial charge in [0.25, 0.3) is 0 Å². The summed E-state index contributed by atoms with van der Waals surface area (Å²) in [5, 5.41) is 9.39. The maximum Gasteiger partial charge on any atom is 0.313 e. The summed E-state index contributed by atoms with van der Waals surface area (Å²) in [6.07, 6.45) is 1.75. The molecule has 0 atom stereocenters. The van der Waals surface area contributed by atoms with Crippen molar-refractivity contribution in [3.8, 4) is 0 Å². The van der Waals surface area contributed by atoms with Gasteiger partial charge in [-0.2, -0.15) is 0 Å². The molecule has 0 aliphatic carbocycles. The smallest absolute Gasteiger partial charge is 0.313 e. The van der Waals surface area contributed by atoms with E-state index in [0.717, 1.165) is 29.2 Å². The average Bonchev–Trinajstić information content (AvgIpc) is 2.84. The number of aliphatic carboxylic acids is 1. The minimum atomic E-state index is -1.09. The van der Waals surface area contributed by atoms with Crippen LogP contribution in [-0.4, -0.2) is 35.3 Å². The van der Waals surface area contributed by atoms with Gasteiger partial charge in [-0.3, -0.25) is 4.79 Å². The highest BCUT2D eigenvalue weighted by molar-refractivity contribution is 6.76. The number of aromatic nitrogens is 2. The Morgan fingerprint density at radius 2 is 2.04 bits per heavy atom. The second kappa shape index (κ2) is 6.45. The molecular weight excluding hydrogens is 308 g/mol. The molecule has 0 fully saturated rings. The van der Waals surface area contributed by atoms with Crippen LogP contribution in [0.25, 0.3) is 11.0 Å². The molecule has 1 heterocycles. The Morgan fingerprint density at radius 1 is 1.35 bits per heavy atom. The molecule has 0 saturated carbocycles. The summed E-state index contributed by atoms with van der Waals surface area (Å²) >= 11 is 0. The molecule has 0 bridgehead atoms. The first-order valence-corrected chi connectivity index (χ1v) is 11.6. The molecule has 2 aromatic rings. The molecule has 1 aromatic heterocycles. The molecule has 2 rings (SSSR count). The Kier molecular flexibility index (Phi) is 4.96. The van der Waals surface area contributed by atoms with Crippen LogP contribution in [0.2, 0.25) is 25.7 Å². The lowest BCUT2D eigenvalue weighted by atomic mass is 9.85. The zero-order chi connectivity index (χ0) is 17.3. The Bertz CT molecular complexity index is 701. The molecule has 6 heteroatoms. The molecule has 0 spiro atoms. The topological polar surface area (TPSA) is 64.3 Å². The van der Waals surface area contributed by atoms with Crippen LogP contribution >= 0.6 is 0 Å². The Hall–Kier alpha value is -1.66. The Morgan fingerprint density at radius 3 is 2.65 bits per heavy atom. The van der Waals surface area contributed by atoms with Crippen LogP contribution in [-0.2, 0) is 21.7 Å². The highest BCUT2D eigenvalue weighted by Gasteiger charge is 2.29. The lowest BCUT2D eigenvalue weighted by molar-refractivity contribution is -0.142. The molecule has 0 aliphatic rings. The van der Waals surface area contributed by atoms with Crippen LogP contribution in [0.1, 0.15) is 19.4 Å². The van der Waals surface area contributed by atoms with E-state index in [1.807, 2.05) is 22.8 Å². The Labute approximate surface area is 138 Å². The van der Waals surface area contributed by atoms with Gasteiger partial charge in [0.05, 0.1) is 22.8 Å². The molecular formula is C17H26N2O3Si. The van der Waals surface area contributed by atoms with E-state index in [9.17, 15) is 9.90 Å². The Balaban J connectivity index is 2.17. The number of carbonyl (C=O) groups is 1. The first-order chi connectivity index (χ1) is 10.6. The van der Waals surface area contributed by atoms with Gasteiger partial charge in [0.15, 0.2) is 0 Å². The lowest BCUT2D eigenvalue weighted by Gasteiger charge is -2.20. The van der Waals surface area contributed by atoms with Gasteiger partial charge in [0, 0.05) is 14.7 Å². The van der Waals surface area contributed by atoms with E-state index in [4.69, 9.17) is 4.74 Å². The number of rotatable bonds is 7. The monoisotopic (exact) mass is 334 g/mol. The normalized spacial score (nSPS) is 12.7. The first kappa shape index (κ1) is 17.7. The maximum absolute atomic E-state index is 11.4. The van der Waals surface area contributed by atoms with Gasteiger partial charge in [-0.15, -0.1) is 0 Å². The minimum Gasteiger partial charge on any atom is -0.481 e. The van der Waals surface area contributed by atoms with Crippen LogP contribution in [0, 0.1) is 0 Å². The number of carboxylic acids is 1. The molecule has 1 aromatic carbocycles. The fraction of sp³-hybridized carbons (Fsp3) is 0.529. The van der Waals surface area contributed by atoms with E-state index >= 15 is 0 Å². The van der Waals surface area contributed by atoms with Gasteiger partial charge in [-0.1, -0.05) is 25.7 Å².